The molecule has 4 heterocycles. The molecule has 0 bridgehead atoms. The number of nitrogens with two attached hydrogens (primary N) is 1. The second-order valence-corrected chi connectivity index (χ2v) is 6.40. The molecule has 1 saturated heterocycles. The molecule has 0 atom stereocenters. The van der Waals surface area contributed by atoms with Crippen molar-refractivity contribution in [2.75, 3.05) is 25.5 Å². The van der Waals surface area contributed by atoms with Gasteiger partial charge in [-0.3, -0.25) is 14.5 Å². The highest BCUT2D eigenvalue weighted by atomic mass is 16.5. The van der Waals surface area contributed by atoms with Gasteiger partial charge >= 0.3 is 5.69 Å². The van der Waals surface area contributed by atoms with Crippen molar-refractivity contribution < 1.29 is 4.74 Å². The van der Waals surface area contributed by atoms with Gasteiger partial charge in [-0.1, -0.05) is 0 Å². The molecule has 0 spiro atoms. The molecular formula is C16H20N8O2. The van der Waals surface area contributed by atoms with Crippen molar-refractivity contribution >= 4 is 17.0 Å². The van der Waals surface area contributed by atoms with Gasteiger partial charge in [0.15, 0.2) is 11.5 Å². The number of imidazole rings is 1. The van der Waals surface area contributed by atoms with Crippen molar-refractivity contribution in [3.63, 3.8) is 0 Å². The number of fused-ring (bicyclic) bond motifs is 1. The Balaban J connectivity index is 1.48. The van der Waals surface area contributed by atoms with Crippen molar-refractivity contribution in [3.8, 4) is 0 Å². The normalized spacial score (nSPS) is 14.7. The summed E-state index contributed by atoms with van der Waals surface area (Å²) in [4.78, 5) is 32.1. The van der Waals surface area contributed by atoms with Crippen molar-refractivity contribution in [2.45, 2.75) is 20.0 Å². The van der Waals surface area contributed by atoms with Crippen LogP contribution in [0.3, 0.4) is 0 Å². The lowest BCUT2D eigenvalue weighted by atomic mass is 10.1. The molecule has 1 fully saturated rings. The van der Waals surface area contributed by atoms with E-state index < -0.39 is 0 Å². The number of hydrogen-bond acceptors (Lipinski definition) is 8. The molecule has 0 saturated carbocycles. The van der Waals surface area contributed by atoms with Crippen molar-refractivity contribution in [1.29, 1.82) is 0 Å². The molecule has 1 aliphatic heterocycles. The number of nitrogen functional groups attached to an aromatic ring is 1. The van der Waals surface area contributed by atoms with Gasteiger partial charge in [-0.15, -0.1) is 0 Å². The van der Waals surface area contributed by atoms with Crippen LogP contribution in [0.1, 0.15) is 17.2 Å². The van der Waals surface area contributed by atoms with Crippen LogP contribution in [0.4, 0.5) is 5.82 Å². The molecule has 3 aromatic rings. The van der Waals surface area contributed by atoms with E-state index in [0.717, 1.165) is 25.5 Å². The lowest BCUT2D eigenvalue weighted by molar-refractivity contribution is -0.0308. The van der Waals surface area contributed by atoms with E-state index in [1.807, 2.05) is 0 Å². The third kappa shape index (κ3) is 3.28. The molecule has 0 aromatic carbocycles. The van der Waals surface area contributed by atoms with Crippen LogP contribution in [0.25, 0.3) is 11.2 Å². The van der Waals surface area contributed by atoms with Gasteiger partial charge in [-0.2, -0.15) is 0 Å². The number of H-pyrrole nitrogens is 1. The van der Waals surface area contributed by atoms with Gasteiger partial charge in [-0.25, -0.2) is 14.8 Å². The minimum Gasteiger partial charge on any atom is -0.382 e. The first-order valence-corrected chi connectivity index (χ1v) is 8.41. The Kier molecular flexibility index (Phi) is 4.35. The van der Waals surface area contributed by atoms with E-state index in [-0.39, 0.29) is 18.1 Å². The quantitative estimate of drug-likeness (QED) is 0.542. The van der Waals surface area contributed by atoms with E-state index in [4.69, 9.17) is 10.5 Å². The molecule has 4 N–H and O–H groups in total. The maximum Gasteiger partial charge on any atom is 0.328 e. The summed E-state index contributed by atoms with van der Waals surface area (Å²) in [5.41, 5.74) is 7.98. The maximum atomic E-state index is 12.2. The van der Waals surface area contributed by atoms with E-state index in [2.05, 4.69) is 30.2 Å². The lowest BCUT2D eigenvalue weighted by Gasteiger charge is -2.25. The first kappa shape index (κ1) is 16.6. The minimum absolute atomic E-state index is 0.257. The SMILES string of the molecule is Cc1nc(N)c2[nH]c(=O)n(Cc3cnc(CNCC4COC4)cn3)c2n1. The van der Waals surface area contributed by atoms with Crippen LogP contribution >= 0.6 is 0 Å². The molecule has 3 aromatic heterocycles. The summed E-state index contributed by atoms with van der Waals surface area (Å²) in [6.07, 6.45) is 3.39. The first-order valence-electron chi connectivity index (χ1n) is 8.41. The van der Waals surface area contributed by atoms with Crippen molar-refractivity contribution in [1.82, 2.24) is 34.8 Å². The fraction of sp³-hybridized carbons (Fsp3) is 0.438. The number of aromatic amines is 1. The van der Waals surface area contributed by atoms with E-state index in [9.17, 15) is 4.79 Å². The highest BCUT2D eigenvalue weighted by Gasteiger charge is 2.17. The number of hydrogen-bond donors (Lipinski definition) is 3. The molecule has 0 amide bonds. The Bertz CT molecular complexity index is 974. The van der Waals surface area contributed by atoms with E-state index in [1.54, 1.807) is 19.3 Å². The Hall–Kier alpha value is -2.85. The summed E-state index contributed by atoms with van der Waals surface area (Å²) in [6, 6.07) is 0. The number of aromatic nitrogens is 6. The van der Waals surface area contributed by atoms with Gasteiger partial charge < -0.3 is 20.8 Å². The van der Waals surface area contributed by atoms with Crippen molar-refractivity contribution in [2.24, 2.45) is 5.92 Å². The van der Waals surface area contributed by atoms with Crippen LogP contribution in [0.2, 0.25) is 0 Å². The number of rotatable bonds is 6. The molecule has 4 rings (SSSR count). The van der Waals surface area contributed by atoms with Gasteiger partial charge in [0.25, 0.3) is 0 Å². The molecule has 0 unspecified atom stereocenters. The summed E-state index contributed by atoms with van der Waals surface area (Å²) in [7, 11) is 0. The molecule has 10 heteroatoms. The second kappa shape index (κ2) is 6.81. The third-order valence-electron chi connectivity index (χ3n) is 4.29. The molecule has 10 nitrogen and oxygen atoms in total. The maximum absolute atomic E-state index is 12.2. The van der Waals surface area contributed by atoms with Crippen LogP contribution in [0, 0.1) is 12.8 Å². The van der Waals surface area contributed by atoms with E-state index in [1.165, 1.54) is 4.57 Å². The second-order valence-electron chi connectivity index (χ2n) is 6.40. The number of nitrogens with one attached hydrogen (secondary N) is 2. The van der Waals surface area contributed by atoms with Crippen LogP contribution in [0.15, 0.2) is 17.2 Å². The molecule has 0 aliphatic carbocycles. The van der Waals surface area contributed by atoms with E-state index in [0.29, 0.717) is 35.1 Å². The highest BCUT2D eigenvalue weighted by molar-refractivity contribution is 5.81. The van der Waals surface area contributed by atoms with Gasteiger partial charge in [0.1, 0.15) is 11.3 Å². The predicted octanol–water partition coefficient (Wildman–Crippen LogP) is -0.415. The number of nitrogens with zero attached hydrogens (tertiary/aromatic N) is 5. The fourth-order valence-electron chi connectivity index (χ4n) is 2.83. The van der Waals surface area contributed by atoms with Crippen molar-refractivity contribution in [3.05, 3.63) is 40.1 Å². The Morgan fingerprint density at radius 3 is 2.77 bits per heavy atom. The minimum atomic E-state index is -0.304. The zero-order chi connectivity index (χ0) is 18.1. The van der Waals surface area contributed by atoms with Gasteiger partial charge in [0.2, 0.25) is 0 Å². The largest absolute Gasteiger partial charge is 0.382 e. The Morgan fingerprint density at radius 1 is 1.31 bits per heavy atom. The third-order valence-corrected chi connectivity index (χ3v) is 4.29. The smallest absolute Gasteiger partial charge is 0.328 e. The zero-order valence-electron chi connectivity index (χ0n) is 14.4. The Labute approximate surface area is 148 Å². The monoisotopic (exact) mass is 356 g/mol. The average molecular weight is 356 g/mol. The summed E-state index contributed by atoms with van der Waals surface area (Å²) in [5, 5.41) is 3.34. The summed E-state index contributed by atoms with van der Waals surface area (Å²) in [5.74, 6) is 1.36. The number of anilines is 1. The molecule has 1 aliphatic rings. The topological polar surface area (TPSA) is 137 Å². The molecule has 136 valence electrons. The highest BCUT2D eigenvalue weighted by Crippen LogP contribution is 2.14. The molecule has 26 heavy (non-hydrogen) atoms. The fourth-order valence-corrected chi connectivity index (χ4v) is 2.83. The Morgan fingerprint density at radius 2 is 2.08 bits per heavy atom. The standard InChI is InChI=1S/C16H20N8O2/c1-9-21-14(17)13-15(22-9)24(16(25)23-13)6-12-5-19-11(4-20-12)3-18-2-10-7-26-8-10/h4-5,10,18H,2-3,6-8H2,1H3,(H,23,25)(H2,17,21,22). The average Bonchev–Trinajstić information content (AvgIpc) is 2.88. The number of ether oxygens (including phenoxy) is 1. The summed E-state index contributed by atoms with van der Waals surface area (Å²) < 4.78 is 6.63. The summed E-state index contributed by atoms with van der Waals surface area (Å²) in [6.45, 7) is 5.20. The molecule has 0 radical (unpaired) electrons. The van der Waals surface area contributed by atoms with Crippen LogP contribution in [-0.4, -0.2) is 49.2 Å². The van der Waals surface area contributed by atoms with Gasteiger partial charge in [-0.05, 0) is 6.92 Å². The van der Waals surface area contributed by atoms with Crippen LogP contribution < -0.4 is 16.7 Å². The lowest BCUT2D eigenvalue weighted by Crippen LogP contribution is -2.36. The van der Waals surface area contributed by atoms with E-state index >= 15 is 0 Å². The summed E-state index contributed by atoms with van der Waals surface area (Å²) >= 11 is 0. The predicted molar refractivity (Wildman–Crippen MR) is 94.4 cm³/mol. The molecular weight excluding hydrogens is 336 g/mol. The zero-order valence-corrected chi connectivity index (χ0v) is 14.4. The first-order chi connectivity index (χ1) is 12.6. The van der Waals surface area contributed by atoms with Gasteiger partial charge in [0.05, 0.1) is 43.5 Å². The number of aryl methyl sites for hydroxylation is 1. The van der Waals surface area contributed by atoms with Crippen LogP contribution in [-0.2, 0) is 17.8 Å². The van der Waals surface area contributed by atoms with Crippen LogP contribution in [0.5, 0.6) is 0 Å². The van der Waals surface area contributed by atoms with Gasteiger partial charge in [0, 0.05) is 19.0 Å².